The van der Waals surface area contributed by atoms with Crippen molar-refractivity contribution in [3.8, 4) is 0 Å². The third kappa shape index (κ3) is 1.58. The van der Waals surface area contributed by atoms with E-state index in [9.17, 15) is 4.79 Å². The van der Waals surface area contributed by atoms with Gasteiger partial charge in [0.25, 0.3) is 0 Å². The van der Waals surface area contributed by atoms with E-state index >= 15 is 0 Å². The summed E-state index contributed by atoms with van der Waals surface area (Å²) in [5.41, 5.74) is 0.836. The minimum absolute atomic E-state index is 0.00750. The number of halogens is 1. The molecule has 1 rings (SSSR count). The average molecular weight is 266 g/mol. The number of ether oxygens (including phenoxy) is 1. The number of carbonyl (C=O) groups excluding carboxylic acids is 1. The topological polar surface area (TPSA) is 26.3 Å². The molecule has 1 aliphatic rings. The van der Waals surface area contributed by atoms with Crippen molar-refractivity contribution in [2.75, 3.05) is 0 Å². The smallest absolute Gasteiger partial charge is 0.338 e. The number of hydrogen-bond donors (Lipinski definition) is 0. The van der Waals surface area contributed by atoms with E-state index in [0.717, 1.165) is 5.57 Å². The third-order valence-corrected chi connectivity index (χ3v) is 2.32. The molecule has 0 aromatic carbocycles. The molecular weight excluding hydrogens is 255 g/mol. The predicted molar refractivity (Wildman–Crippen MR) is 51.4 cm³/mol. The van der Waals surface area contributed by atoms with Gasteiger partial charge in [0.2, 0.25) is 0 Å². The molecule has 1 unspecified atom stereocenters. The molecule has 1 aliphatic heterocycles. The lowest BCUT2D eigenvalue weighted by molar-refractivity contribution is -0.163. The Labute approximate surface area is 80.1 Å². The van der Waals surface area contributed by atoms with Crippen molar-refractivity contribution in [3.63, 3.8) is 0 Å². The van der Waals surface area contributed by atoms with Gasteiger partial charge in [0.15, 0.2) is 0 Å². The molecule has 62 valence electrons. The first-order valence-corrected chi connectivity index (χ1v) is 4.72. The van der Waals surface area contributed by atoms with Crippen LogP contribution in [0, 0.1) is 5.41 Å². The van der Waals surface area contributed by atoms with Crippen LogP contribution in [0.4, 0.5) is 0 Å². The van der Waals surface area contributed by atoms with Crippen LogP contribution in [0.1, 0.15) is 20.8 Å². The molecule has 0 aromatic rings. The van der Waals surface area contributed by atoms with E-state index in [1.807, 2.05) is 0 Å². The van der Waals surface area contributed by atoms with Gasteiger partial charge in [-0.25, -0.2) is 4.79 Å². The minimum Gasteiger partial charge on any atom is -0.453 e. The van der Waals surface area contributed by atoms with Crippen LogP contribution >= 0.6 is 22.6 Å². The van der Waals surface area contributed by atoms with Gasteiger partial charge >= 0.3 is 5.97 Å². The second kappa shape index (κ2) is 2.77. The summed E-state index contributed by atoms with van der Waals surface area (Å²) in [7, 11) is 0. The largest absolute Gasteiger partial charge is 0.453 e. The van der Waals surface area contributed by atoms with Gasteiger partial charge in [-0.3, -0.25) is 0 Å². The molecule has 0 N–H and O–H groups in total. The SMILES string of the molecule is CC(C)(C)C1OC(=O)/C1=C\I. The molecule has 1 heterocycles. The first-order chi connectivity index (χ1) is 4.96. The number of rotatable bonds is 0. The maximum absolute atomic E-state index is 10.8. The summed E-state index contributed by atoms with van der Waals surface area (Å²) in [6, 6.07) is 0. The Morgan fingerprint density at radius 1 is 1.55 bits per heavy atom. The number of cyclic esters (lactones) is 1. The molecule has 1 fully saturated rings. The Hall–Kier alpha value is -0.0600. The van der Waals surface area contributed by atoms with Gasteiger partial charge in [-0.2, -0.15) is 0 Å². The van der Waals surface area contributed by atoms with Gasteiger partial charge in [-0.1, -0.05) is 43.4 Å². The fourth-order valence-electron chi connectivity index (χ4n) is 1.03. The van der Waals surface area contributed by atoms with Crippen LogP contribution in [-0.2, 0) is 9.53 Å². The van der Waals surface area contributed by atoms with Crippen molar-refractivity contribution in [2.24, 2.45) is 5.41 Å². The van der Waals surface area contributed by atoms with Crippen molar-refractivity contribution in [3.05, 3.63) is 9.66 Å². The molecule has 1 atom stereocenters. The predicted octanol–water partition coefficient (Wildman–Crippen LogP) is 2.28. The summed E-state index contributed by atoms with van der Waals surface area (Å²) in [6.07, 6.45) is -0.00750. The molecule has 0 bridgehead atoms. The highest BCUT2D eigenvalue weighted by Crippen LogP contribution is 2.36. The van der Waals surface area contributed by atoms with Gasteiger partial charge in [-0.05, 0) is 4.08 Å². The second-order valence-corrected chi connectivity index (χ2v) is 4.34. The molecule has 0 radical (unpaired) electrons. The summed E-state index contributed by atoms with van der Waals surface area (Å²) in [5, 5.41) is 0. The summed E-state index contributed by atoms with van der Waals surface area (Å²) in [5.74, 6) is -0.167. The van der Waals surface area contributed by atoms with Crippen LogP contribution in [0.25, 0.3) is 0 Å². The zero-order valence-electron chi connectivity index (χ0n) is 6.85. The highest BCUT2D eigenvalue weighted by molar-refractivity contribution is 14.1. The van der Waals surface area contributed by atoms with Crippen LogP contribution in [0.15, 0.2) is 9.66 Å². The first kappa shape index (κ1) is 9.03. The van der Waals surface area contributed by atoms with E-state index in [1.54, 1.807) is 4.08 Å². The van der Waals surface area contributed by atoms with E-state index in [2.05, 4.69) is 43.4 Å². The molecule has 1 saturated heterocycles. The molecule has 2 nitrogen and oxygen atoms in total. The molecule has 0 aromatic heterocycles. The Morgan fingerprint density at radius 3 is 2.27 bits per heavy atom. The summed E-state index contributed by atoms with van der Waals surface area (Å²) in [4.78, 5) is 10.8. The van der Waals surface area contributed by atoms with Crippen molar-refractivity contribution < 1.29 is 9.53 Å². The molecule has 0 aliphatic carbocycles. The molecule has 11 heavy (non-hydrogen) atoms. The van der Waals surface area contributed by atoms with Crippen molar-refractivity contribution >= 4 is 28.6 Å². The number of hydrogen-bond acceptors (Lipinski definition) is 2. The Kier molecular flexibility index (Phi) is 2.27. The number of carbonyl (C=O) groups is 1. The Bertz CT molecular complexity index is 213. The Balaban J connectivity index is 2.74. The van der Waals surface area contributed by atoms with Crippen molar-refractivity contribution in [1.29, 1.82) is 0 Å². The van der Waals surface area contributed by atoms with Crippen LogP contribution in [0.3, 0.4) is 0 Å². The highest BCUT2D eigenvalue weighted by atomic mass is 127. The maximum Gasteiger partial charge on any atom is 0.338 e. The summed E-state index contributed by atoms with van der Waals surface area (Å²) < 4.78 is 6.80. The first-order valence-electron chi connectivity index (χ1n) is 3.48. The molecule has 0 saturated carbocycles. The van der Waals surface area contributed by atoms with E-state index in [4.69, 9.17) is 4.74 Å². The quantitative estimate of drug-likeness (QED) is 0.382. The number of esters is 1. The van der Waals surface area contributed by atoms with Crippen LogP contribution < -0.4 is 0 Å². The average Bonchev–Trinajstić information content (AvgIpc) is 1.81. The molecular formula is C8H11IO2. The standard InChI is InChI=1S/C8H11IO2/c1-8(2,3)6-5(4-9)7(10)11-6/h4,6H,1-3H3/b5-4-. The third-order valence-electron chi connectivity index (χ3n) is 1.65. The van der Waals surface area contributed by atoms with Gasteiger partial charge in [-0.15, -0.1) is 0 Å². The van der Waals surface area contributed by atoms with Gasteiger partial charge in [0.05, 0.1) is 5.57 Å². The molecule has 0 spiro atoms. The summed E-state index contributed by atoms with van der Waals surface area (Å²) in [6.45, 7) is 6.18. The normalized spacial score (nSPS) is 28.2. The van der Waals surface area contributed by atoms with E-state index in [0.29, 0.717) is 0 Å². The summed E-state index contributed by atoms with van der Waals surface area (Å²) >= 11 is 2.07. The fraction of sp³-hybridized carbons (Fsp3) is 0.625. The maximum atomic E-state index is 10.8. The van der Waals surface area contributed by atoms with E-state index in [1.165, 1.54) is 0 Å². The lowest BCUT2D eigenvalue weighted by atomic mass is 9.82. The molecule has 3 heteroatoms. The van der Waals surface area contributed by atoms with E-state index in [-0.39, 0.29) is 17.5 Å². The van der Waals surface area contributed by atoms with Crippen LogP contribution in [0.5, 0.6) is 0 Å². The lowest BCUT2D eigenvalue weighted by Gasteiger charge is -2.38. The van der Waals surface area contributed by atoms with Gasteiger partial charge in [0.1, 0.15) is 6.10 Å². The van der Waals surface area contributed by atoms with E-state index < -0.39 is 0 Å². The van der Waals surface area contributed by atoms with Crippen LogP contribution in [0.2, 0.25) is 0 Å². The highest BCUT2D eigenvalue weighted by Gasteiger charge is 2.43. The zero-order valence-corrected chi connectivity index (χ0v) is 9.01. The van der Waals surface area contributed by atoms with Gasteiger partial charge in [0, 0.05) is 5.41 Å². The van der Waals surface area contributed by atoms with Crippen molar-refractivity contribution in [2.45, 2.75) is 26.9 Å². The fourth-order valence-corrected chi connectivity index (χ4v) is 1.61. The lowest BCUT2D eigenvalue weighted by Crippen LogP contribution is -2.45. The molecule has 0 amide bonds. The second-order valence-electron chi connectivity index (χ2n) is 3.72. The van der Waals surface area contributed by atoms with Crippen molar-refractivity contribution in [1.82, 2.24) is 0 Å². The van der Waals surface area contributed by atoms with Gasteiger partial charge < -0.3 is 4.74 Å². The zero-order chi connectivity index (χ0) is 8.65. The van der Waals surface area contributed by atoms with Crippen LogP contribution in [-0.4, -0.2) is 12.1 Å². The minimum atomic E-state index is -0.167. The monoisotopic (exact) mass is 266 g/mol. The Morgan fingerprint density at radius 2 is 2.09 bits per heavy atom.